The van der Waals surface area contributed by atoms with Crippen molar-refractivity contribution in [1.29, 1.82) is 0 Å². The average Bonchev–Trinajstić information content (AvgIpc) is 2.55. The minimum Gasteiger partial charge on any atom is -0.354 e. The van der Waals surface area contributed by atoms with Gasteiger partial charge < -0.3 is 9.80 Å². The van der Waals surface area contributed by atoms with E-state index < -0.39 is 0 Å². The number of hydrogen-bond donors (Lipinski definition) is 0. The van der Waals surface area contributed by atoms with Gasteiger partial charge in [0.15, 0.2) is 0 Å². The lowest BCUT2D eigenvalue weighted by Crippen LogP contribution is -2.44. The molecule has 1 aliphatic heterocycles. The molecule has 2 heterocycles. The molecule has 0 atom stereocenters. The van der Waals surface area contributed by atoms with Crippen LogP contribution in [-0.4, -0.2) is 48.0 Å². The molecule has 1 aliphatic rings. The summed E-state index contributed by atoms with van der Waals surface area (Å²) < 4.78 is 0. The van der Waals surface area contributed by atoms with Crippen LogP contribution < -0.4 is 4.90 Å². The Labute approximate surface area is 135 Å². The molecular weight excluding hydrogens is 292 g/mol. The molecule has 0 saturated carbocycles. The molecule has 0 bridgehead atoms. The predicted octanol–water partition coefficient (Wildman–Crippen LogP) is 2.72. The Morgan fingerprint density at radius 3 is 2.48 bits per heavy atom. The van der Waals surface area contributed by atoms with Gasteiger partial charge in [0.1, 0.15) is 12.0 Å². The maximum atomic E-state index is 11.4. The van der Waals surface area contributed by atoms with Gasteiger partial charge in [-0.2, -0.15) is 0 Å². The number of aromatic nitrogens is 1. The smallest absolute Gasteiger partial charge is 0.295 e. The SMILES string of the molecule is Cc1ccccc1-c1cc(N2CCN(C)CC2)ncc1[N+](=O)[O-]. The van der Waals surface area contributed by atoms with Crippen LogP contribution >= 0.6 is 0 Å². The number of nitrogens with zero attached hydrogens (tertiary/aromatic N) is 4. The first kappa shape index (κ1) is 15.4. The van der Waals surface area contributed by atoms with Gasteiger partial charge in [0.2, 0.25) is 0 Å². The maximum absolute atomic E-state index is 11.4. The Morgan fingerprint density at radius 1 is 1.13 bits per heavy atom. The highest BCUT2D eigenvalue weighted by Crippen LogP contribution is 2.34. The second-order valence-electron chi connectivity index (χ2n) is 5.92. The van der Waals surface area contributed by atoms with E-state index in [1.54, 1.807) is 0 Å². The lowest BCUT2D eigenvalue weighted by molar-refractivity contribution is -0.384. The molecular formula is C17H20N4O2. The second-order valence-corrected chi connectivity index (χ2v) is 5.92. The summed E-state index contributed by atoms with van der Waals surface area (Å²) in [6.07, 6.45) is 1.38. The van der Waals surface area contributed by atoms with E-state index in [2.05, 4.69) is 21.8 Å². The topological polar surface area (TPSA) is 62.5 Å². The van der Waals surface area contributed by atoms with Crippen LogP contribution in [0.1, 0.15) is 5.56 Å². The molecule has 6 nitrogen and oxygen atoms in total. The third-order valence-corrected chi connectivity index (χ3v) is 4.33. The monoisotopic (exact) mass is 312 g/mol. The molecule has 0 aliphatic carbocycles. The fourth-order valence-corrected chi connectivity index (χ4v) is 2.88. The normalized spacial score (nSPS) is 15.7. The minimum atomic E-state index is -0.359. The van der Waals surface area contributed by atoms with Crippen molar-refractivity contribution >= 4 is 11.5 Å². The molecule has 1 aromatic heterocycles. The molecule has 1 aromatic carbocycles. The Kier molecular flexibility index (Phi) is 4.25. The number of benzene rings is 1. The molecule has 0 spiro atoms. The Morgan fingerprint density at radius 2 is 1.83 bits per heavy atom. The van der Waals surface area contributed by atoms with E-state index in [1.807, 2.05) is 37.3 Å². The third-order valence-electron chi connectivity index (χ3n) is 4.33. The zero-order chi connectivity index (χ0) is 16.4. The van der Waals surface area contributed by atoms with Gasteiger partial charge in [0, 0.05) is 26.2 Å². The first-order valence-electron chi connectivity index (χ1n) is 7.70. The van der Waals surface area contributed by atoms with E-state index in [-0.39, 0.29) is 10.6 Å². The fourth-order valence-electron chi connectivity index (χ4n) is 2.88. The van der Waals surface area contributed by atoms with Crippen LogP contribution in [0.2, 0.25) is 0 Å². The molecule has 0 radical (unpaired) electrons. The van der Waals surface area contributed by atoms with Gasteiger partial charge >= 0.3 is 0 Å². The van der Waals surface area contributed by atoms with Crippen molar-refractivity contribution in [2.24, 2.45) is 0 Å². The molecule has 3 rings (SSSR count). The van der Waals surface area contributed by atoms with Crippen molar-refractivity contribution in [2.45, 2.75) is 6.92 Å². The largest absolute Gasteiger partial charge is 0.354 e. The molecule has 23 heavy (non-hydrogen) atoms. The summed E-state index contributed by atoms with van der Waals surface area (Å²) in [5, 5.41) is 11.4. The van der Waals surface area contributed by atoms with Crippen molar-refractivity contribution in [3.8, 4) is 11.1 Å². The first-order valence-corrected chi connectivity index (χ1v) is 7.70. The highest BCUT2D eigenvalue weighted by atomic mass is 16.6. The summed E-state index contributed by atoms with van der Waals surface area (Å²) in [6, 6.07) is 9.58. The van der Waals surface area contributed by atoms with E-state index >= 15 is 0 Å². The van der Waals surface area contributed by atoms with Gasteiger partial charge in [-0.15, -0.1) is 0 Å². The van der Waals surface area contributed by atoms with Crippen LogP contribution in [0.4, 0.5) is 11.5 Å². The average molecular weight is 312 g/mol. The lowest BCUT2D eigenvalue weighted by atomic mass is 10.00. The number of likely N-dealkylation sites (N-methyl/N-ethyl adjacent to an activating group) is 1. The van der Waals surface area contributed by atoms with Gasteiger partial charge in [-0.1, -0.05) is 24.3 Å². The van der Waals surface area contributed by atoms with E-state index in [1.165, 1.54) is 6.20 Å². The van der Waals surface area contributed by atoms with Crippen LogP contribution in [0.25, 0.3) is 11.1 Å². The quantitative estimate of drug-likeness (QED) is 0.644. The summed E-state index contributed by atoms with van der Waals surface area (Å²) in [5.74, 6) is 0.807. The maximum Gasteiger partial charge on any atom is 0.295 e. The zero-order valence-electron chi connectivity index (χ0n) is 13.4. The number of aryl methyl sites for hydroxylation is 1. The van der Waals surface area contributed by atoms with E-state index in [0.29, 0.717) is 5.56 Å². The standard InChI is InChI=1S/C17H20N4O2/c1-13-5-3-4-6-14(13)15-11-17(18-12-16(15)21(22)23)20-9-7-19(2)8-10-20/h3-6,11-12H,7-10H2,1-2H3. The minimum absolute atomic E-state index is 0.0529. The summed E-state index contributed by atoms with van der Waals surface area (Å²) in [7, 11) is 2.10. The molecule has 0 N–H and O–H groups in total. The molecule has 6 heteroatoms. The zero-order valence-corrected chi connectivity index (χ0v) is 13.4. The van der Waals surface area contributed by atoms with Gasteiger partial charge in [-0.3, -0.25) is 10.1 Å². The summed E-state index contributed by atoms with van der Waals surface area (Å²) in [5.41, 5.74) is 2.59. The summed E-state index contributed by atoms with van der Waals surface area (Å²) in [6.45, 7) is 5.68. The molecule has 0 unspecified atom stereocenters. The van der Waals surface area contributed by atoms with Crippen molar-refractivity contribution in [1.82, 2.24) is 9.88 Å². The van der Waals surface area contributed by atoms with Crippen molar-refractivity contribution in [3.05, 3.63) is 52.2 Å². The molecule has 0 amide bonds. The number of nitro groups is 1. The predicted molar refractivity (Wildman–Crippen MR) is 90.8 cm³/mol. The fraction of sp³-hybridized carbons (Fsp3) is 0.353. The van der Waals surface area contributed by atoms with Crippen molar-refractivity contribution in [2.75, 3.05) is 38.1 Å². The molecule has 120 valence electrons. The van der Waals surface area contributed by atoms with Gasteiger partial charge in [-0.05, 0) is 31.2 Å². The van der Waals surface area contributed by atoms with E-state index in [4.69, 9.17) is 0 Å². The number of pyridine rings is 1. The van der Waals surface area contributed by atoms with Crippen LogP contribution in [0.15, 0.2) is 36.5 Å². The van der Waals surface area contributed by atoms with Crippen molar-refractivity contribution in [3.63, 3.8) is 0 Å². The van der Waals surface area contributed by atoms with Gasteiger partial charge in [0.25, 0.3) is 5.69 Å². The number of piperazine rings is 1. The number of rotatable bonds is 3. The van der Waals surface area contributed by atoms with Crippen molar-refractivity contribution < 1.29 is 4.92 Å². The van der Waals surface area contributed by atoms with Gasteiger partial charge in [0.05, 0.1) is 10.5 Å². The Balaban J connectivity index is 2.04. The van der Waals surface area contributed by atoms with E-state index in [0.717, 1.165) is 43.1 Å². The number of anilines is 1. The first-order chi connectivity index (χ1) is 11.1. The second kappa shape index (κ2) is 6.34. The number of hydrogen-bond acceptors (Lipinski definition) is 5. The molecule has 1 fully saturated rings. The highest BCUT2D eigenvalue weighted by Gasteiger charge is 2.21. The van der Waals surface area contributed by atoms with E-state index in [9.17, 15) is 10.1 Å². The summed E-state index contributed by atoms with van der Waals surface area (Å²) in [4.78, 5) is 19.8. The van der Waals surface area contributed by atoms with Gasteiger partial charge in [-0.25, -0.2) is 4.98 Å². The van der Waals surface area contributed by atoms with Crippen LogP contribution in [0.3, 0.4) is 0 Å². The third kappa shape index (κ3) is 3.17. The highest BCUT2D eigenvalue weighted by molar-refractivity contribution is 5.77. The van der Waals surface area contributed by atoms with Crippen LogP contribution in [-0.2, 0) is 0 Å². The molecule has 1 saturated heterocycles. The van der Waals surface area contributed by atoms with Crippen LogP contribution in [0, 0.1) is 17.0 Å². The lowest BCUT2D eigenvalue weighted by Gasteiger charge is -2.33. The summed E-state index contributed by atoms with van der Waals surface area (Å²) >= 11 is 0. The Bertz CT molecular complexity index is 724. The Hall–Kier alpha value is -2.47. The van der Waals surface area contributed by atoms with Crippen LogP contribution in [0.5, 0.6) is 0 Å². The molecule has 2 aromatic rings.